The summed E-state index contributed by atoms with van der Waals surface area (Å²) in [6, 6.07) is 4.24. The first-order valence-corrected chi connectivity index (χ1v) is 8.24. The molecule has 1 saturated heterocycles. The molecule has 1 aromatic heterocycles. The zero-order valence-corrected chi connectivity index (χ0v) is 14.2. The molecule has 0 aliphatic carbocycles. The maximum absolute atomic E-state index is 13.7. The van der Waals surface area contributed by atoms with Crippen LogP contribution in [0.15, 0.2) is 22.7 Å². The second-order valence-electron chi connectivity index (χ2n) is 6.21. The molecule has 1 fully saturated rings. The standard InChI is InChI=1S/C17H21FN4O3/c1-9-3-4-11(7-13(9)18)15-21-17(25-22-15)10(2)20-16(23)14-6-5-12(8-19)24-14/h3-4,7,10,12,14H,5-6,8,19H2,1-2H3,(H,20,23)/t10?,12-,14+/m1/s1. The Morgan fingerprint density at radius 3 is 2.96 bits per heavy atom. The van der Waals surface area contributed by atoms with Crippen molar-refractivity contribution >= 4 is 5.91 Å². The maximum atomic E-state index is 13.7. The number of benzene rings is 1. The largest absolute Gasteiger partial charge is 0.364 e. The van der Waals surface area contributed by atoms with Crippen molar-refractivity contribution in [2.75, 3.05) is 6.54 Å². The van der Waals surface area contributed by atoms with Crippen LogP contribution in [0.3, 0.4) is 0 Å². The molecular formula is C17H21FN4O3. The molecule has 3 N–H and O–H groups in total. The second kappa shape index (κ2) is 7.28. The summed E-state index contributed by atoms with van der Waals surface area (Å²) in [7, 11) is 0. The van der Waals surface area contributed by atoms with E-state index in [9.17, 15) is 9.18 Å². The van der Waals surface area contributed by atoms with E-state index in [1.807, 2.05) is 0 Å². The second-order valence-corrected chi connectivity index (χ2v) is 6.21. The molecule has 134 valence electrons. The van der Waals surface area contributed by atoms with Crippen LogP contribution in [0, 0.1) is 12.7 Å². The number of nitrogens with zero attached hydrogens (tertiary/aromatic N) is 2. The van der Waals surface area contributed by atoms with Crippen LogP contribution in [0.1, 0.15) is 37.3 Å². The molecule has 25 heavy (non-hydrogen) atoms. The molecule has 1 aliphatic rings. The van der Waals surface area contributed by atoms with E-state index in [-0.39, 0.29) is 29.5 Å². The van der Waals surface area contributed by atoms with Crippen molar-refractivity contribution in [1.29, 1.82) is 0 Å². The summed E-state index contributed by atoms with van der Waals surface area (Å²) in [5.41, 5.74) is 6.61. The summed E-state index contributed by atoms with van der Waals surface area (Å²) in [6.07, 6.45) is 0.826. The Morgan fingerprint density at radius 1 is 1.48 bits per heavy atom. The Morgan fingerprint density at radius 2 is 2.28 bits per heavy atom. The molecule has 2 aromatic rings. The van der Waals surface area contributed by atoms with E-state index in [0.717, 1.165) is 6.42 Å². The minimum Gasteiger partial charge on any atom is -0.364 e. The number of nitrogens with one attached hydrogen (secondary N) is 1. The fraction of sp³-hybridized carbons (Fsp3) is 0.471. The molecule has 3 rings (SSSR count). The Hall–Kier alpha value is -2.32. The molecule has 2 heterocycles. The Bertz CT molecular complexity index is 764. The Labute approximate surface area is 144 Å². The highest BCUT2D eigenvalue weighted by Gasteiger charge is 2.31. The van der Waals surface area contributed by atoms with Crippen molar-refractivity contribution in [2.45, 2.75) is 44.9 Å². The normalized spacial score (nSPS) is 21.3. The summed E-state index contributed by atoms with van der Waals surface area (Å²) in [5, 5.41) is 6.65. The van der Waals surface area contributed by atoms with Gasteiger partial charge < -0.3 is 20.3 Å². The summed E-state index contributed by atoms with van der Waals surface area (Å²) in [4.78, 5) is 16.5. The van der Waals surface area contributed by atoms with Gasteiger partial charge in [-0.3, -0.25) is 4.79 Å². The first-order chi connectivity index (χ1) is 12.0. The van der Waals surface area contributed by atoms with Gasteiger partial charge in [-0.25, -0.2) is 4.39 Å². The lowest BCUT2D eigenvalue weighted by molar-refractivity contribution is -0.132. The maximum Gasteiger partial charge on any atom is 0.249 e. The van der Waals surface area contributed by atoms with E-state index in [2.05, 4.69) is 15.5 Å². The highest BCUT2D eigenvalue weighted by molar-refractivity contribution is 5.81. The van der Waals surface area contributed by atoms with Crippen LogP contribution in [-0.2, 0) is 9.53 Å². The van der Waals surface area contributed by atoms with Gasteiger partial charge in [-0.2, -0.15) is 4.98 Å². The van der Waals surface area contributed by atoms with E-state index in [0.29, 0.717) is 24.1 Å². The van der Waals surface area contributed by atoms with Gasteiger partial charge in [0.15, 0.2) is 0 Å². The van der Waals surface area contributed by atoms with Crippen molar-refractivity contribution in [3.8, 4) is 11.4 Å². The van der Waals surface area contributed by atoms with Crippen LogP contribution >= 0.6 is 0 Å². The highest BCUT2D eigenvalue weighted by atomic mass is 19.1. The Balaban J connectivity index is 1.65. The number of aromatic nitrogens is 2. The van der Waals surface area contributed by atoms with E-state index in [1.165, 1.54) is 6.07 Å². The van der Waals surface area contributed by atoms with Gasteiger partial charge in [-0.15, -0.1) is 0 Å². The van der Waals surface area contributed by atoms with Crippen LogP contribution in [-0.4, -0.2) is 34.8 Å². The smallest absolute Gasteiger partial charge is 0.249 e. The molecule has 0 spiro atoms. The van der Waals surface area contributed by atoms with Gasteiger partial charge in [-0.05, 0) is 38.3 Å². The zero-order chi connectivity index (χ0) is 18.0. The number of carbonyl (C=O) groups is 1. The average Bonchev–Trinajstić information content (AvgIpc) is 3.26. The monoisotopic (exact) mass is 348 g/mol. The number of amides is 1. The zero-order valence-electron chi connectivity index (χ0n) is 14.2. The molecule has 1 amide bonds. The number of hydrogen-bond donors (Lipinski definition) is 2. The van der Waals surface area contributed by atoms with Gasteiger partial charge in [0.1, 0.15) is 18.0 Å². The van der Waals surface area contributed by atoms with Gasteiger partial charge in [0.05, 0.1) is 6.10 Å². The third-order valence-corrected chi connectivity index (χ3v) is 4.26. The van der Waals surface area contributed by atoms with Gasteiger partial charge in [0.2, 0.25) is 17.6 Å². The van der Waals surface area contributed by atoms with Crippen molar-refractivity contribution < 1.29 is 18.4 Å². The molecule has 8 heteroatoms. The van der Waals surface area contributed by atoms with Gasteiger partial charge >= 0.3 is 0 Å². The Kier molecular flexibility index (Phi) is 5.10. The van der Waals surface area contributed by atoms with Crippen LogP contribution in [0.25, 0.3) is 11.4 Å². The van der Waals surface area contributed by atoms with Crippen molar-refractivity contribution in [2.24, 2.45) is 5.73 Å². The lowest BCUT2D eigenvalue weighted by Crippen LogP contribution is -2.37. The number of carbonyl (C=O) groups excluding carboxylic acids is 1. The average molecular weight is 348 g/mol. The highest BCUT2D eigenvalue weighted by Crippen LogP contribution is 2.22. The quantitative estimate of drug-likeness (QED) is 0.855. The van der Waals surface area contributed by atoms with Crippen molar-refractivity contribution in [1.82, 2.24) is 15.5 Å². The fourth-order valence-electron chi connectivity index (χ4n) is 2.70. The van der Waals surface area contributed by atoms with E-state index < -0.39 is 12.1 Å². The number of ether oxygens (including phenoxy) is 1. The van der Waals surface area contributed by atoms with Gasteiger partial charge in [0, 0.05) is 12.1 Å². The summed E-state index contributed by atoms with van der Waals surface area (Å²) in [5.74, 6) is -0.0457. The SMILES string of the molecule is Cc1ccc(-c2noc(C(C)NC(=O)[C@@H]3CC[C@H](CN)O3)n2)cc1F. The van der Waals surface area contributed by atoms with E-state index >= 15 is 0 Å². The van der Waals surface area contributed by atoms with Crippen molar-refractivity contribution in [3.63, 3.8) is 0 Å². The topological polar surface area (TPSA) is 103 Å². The molecule has 7 nitrogen and oxygen atoms in total. The number of rotatable bonds is 5. The number of aryl methyl sites for hydroxylation is 1. The van der Waals surface area contributed by atoms with Crippen LogP contribution in [0.2, 0.25) is 0 Å². The van der Waals surface area contributed by atoms with Crippen molar-refractivity contribution in [3.05, 3.63) is 35.5 Å². The summed E-state index contributed by atoms with van der Waals surface area (Å²) >= 11 is 0. The fourth-order valence-corrected chi connectivity index (χ4v) is 2.70. The van der Waals surface area contributed by atoms with Gasteiger partial charge in [-0.1, -0.05) is 17.3 Å². The van der Waals surface area contributed by atoms with E-state index in [4.69, 9.17) is 15.0 Å². The lowest BCUT2D eigenvalue weighted by Gasteiger charge is -2.15. The third kappa shape index (κ3) is 3.85. The minimum atomic E-state index is -0.510. The number of nitrogens with two attached hydrogens (primary N) is 1. The number of halogens is 1. The minimum absolute atomic E-state index is 0.0718. The van der Waals surface area contributed by atoms with Crippen LogP contribution in [0.5, 0.6) is 0 Å². The van der Waals surface area contributed by atoms with E-state index in [1.54, 1.807) is 26.0 Å². The number of hydrogen-bond acceptors (Lipinski definition) is 6. The molecule has 3 atom stereocenters. The summed E-state index contributed by atoms with van der Waals surface area (Å²) in [6.45, 7) is 3.82. The first-order valence-electron chi connectivity index (χ1n) is 8.24. The summed E-state index contributed by atoms with van der Waals surface area (Å²) < 4.78 is 24.4. The third-order valence-electron chi connectivity index (χ3n) is 4.26. The molecule has 1 aromatic carbocycles. The van der Waals surface area contributed by atoms with Crippen LogP contribution in [0.4, 0.5) is 4.39 Å². The molecule has 0 saturated carbocycles. The molecule has 0 radical (unpaired) electrons. The predicted octanol–water partition coefficient (Wildman–Crippen LogP) is 1.87. The molecule has 1 unspecified atom stereocenters. The molecular weight excluding hydrogens is 327 g/mol. The van der Waals surface area contributed by atoms with Gasteiger partial charge in [0.25, 0.3) is 0 Å². The molecule has 1 aliphatic heterocycles. The predicted molar refractivity (Wildman–Crippen MR) is 87.9 cm³/mol. The van der Waals surface area contributed by atoms with Crippen LogP contribution < -0.4 is 11.1 Å². The molecule has 0 bridgehead atoms. The lowest BCUT2D eigenvalue weighted by atomic mass is 10.1. The first kappa shape index (κ1) is 17.5.